The van der Waals surface area contributed by atoms with Crippen LogP contribution >= 0.6 is 11.8 Å². The Morgan fingerprint density at radius 2 is 2.31 bits per heavy atom. The van der Waals surface area contributed by atoms with Gasteiger partial charge in [0.15, 0.2) is 5.17 Å². The third-order valence-corrected chi connectivity index (χ3v) is 1.87. The molecule has 0 aliphatic carbocycles. The van der Waals surface area contributed by atoms with Gasteiger partial charge in [-0.25, -0.2) is 9.78 Å². The lowest BCUT2D eigenvalue weighted by atomic mass is 10.3. The Bertz CT molecular complexity index is 336. The molecule has 0 aromatic carbocycles. The van der Waals surface area contributed by atoms with E-state index in [1.807, 2.05) is 0 Å². The number of amidine groups is 1. The first-order valence-electron chi connectivity index (χ1n) is 3.31. The van der Waals surface area contributed by atoms with Crippen molar-refractivity contribution >= 4 is 22.9 Å². The Morgan fingerprint density at radius 1 is 1.62 bits per heavy atom. The Hall–Kier alpha value is -1.56. The molecule has 0 bridgehead atoms. The van der Waals surface area contributed by atoms with E-state index in [-0.39, 0.29) is 10.7 Å². The number of rotatable bonds is 2. The highest BCUT2D eigenvalue weighted by Crippen LogP contribution is 2.13. The highest BCUT2D eigenvalue weighted by Gasteiger charge is 2.03. The molecule has 4 N–H and O–H groups in total. The Morgan fingerprint density at radius 3 is 2.69 bits per heavy atom. The van der Waals surface area contributed by atoms with E-state index < -0.39 is 5.97 Å². The van der Waals surface area contributed by atoms with Crippen LogP contribution in [0.3, 0.4) is 0 Å². The van der Waals surface area contributed by atoms with Gasteiger partial charge in [-0.1, -0.05) is 0 Å². The lowest BCUT2D eigenvalue weighted by Gasteiger charge is -1.97. The molecule has 0 aliphatic rings. The van der Waals surface area contributed by atoms with E-state index in [2.05, 4.69) is 4.98 Å². The number of aromatic nitrogens is 1. The Balaban J connectivity index is 2.81. The SMILES string of the molecule is N=C(N)Sc1ccc(C(=O)O)cn1. The molecule has 5 nitrogen and oxygen atoms in total. The molecule has 13 heavy (non-hydrogen) atoms. The minimum Gasteiger partial charge on any atom is -0.478 e. The Labute approximate surface area is 78.5 Å². The van der Waals surface area contributed by atoms with Crippen molar-refractivity contribution in [2.45, 2.75) is 5.03 Å². The number of nitrogens with two attached hydrogens (primary N) is 1. The fourth-order valence-electron chi connectivity index (χ4n) is 0.680. The molecule has 0 spiro atoms. The maximum atomic E-state index is 10.4. The summed E-state index contributed by atoms with van der Waals surface area (Å²) < 4.78 is 0. The van der Waals surface area contributed by atoms with Gasteiger partial charge >= 0.3 is 5.97 Å². The van der Waals surface area contributed by atoms with Crippen LogP contribution in [0.25, 0.3) is 0 Å². The first-order chi connectivity index (χ1) is 6.09. The second-order valence-electron chi connectivity index (χ2n) is 2.16. The molecular weight excluding hydrogens is 190 g/mol. The second kappa shape index (κ2) is 3.90. The molecule has 0 saturated carbocycles. The lowest BCUT2D eigenvalue weighted by molar-refractivity contribution is 0.0696. The summed E-state index contributed by atoms with van der Waals surface area (Å²) in [4.78, 5) is 14.2. The summed E-state index contributed by atoms with van der Waals surface area (Å²) in [5.41, 5.74) is 5.23. The fourth-order valence-corrected chi connectivity index (χ4v) is 1.15. The van der Waals surface area contributed by atoms with Crippen molar-refractivity contribution in [3.05, 3.63) is 23.9 Å². The highest BCUT2D eigenvalue weighted by atomic mass is 32.2. The summed E-state index contributed by atoms with van der Waals surface area (Å²) in [5.74, 6) is -1.02. The molecule has 0 unspecified atom stereocenters. The number of pyridine rings is 1. The Kier molecular flexibility index (Phi) is 2.86. The van der Waals surface area contributed by atoms with Crippen molar-refractivity contribution in [1.82, 2.24) is 4.98 Å². The van der Waals surface area contributed by atoms with Gasteiger partial charge in [-0.3, -0.25) is 5.41 Å². The van der Waals surface area contributed by atoms with Gasteiger partial charge in [-0.05, 0) is 23.9 Å². The van der Waals surface area contributed by atoms with Crippen LogP contribution in [0, 0.1) is 5.41 Å². The standard InChI is InChI=1S/C7H7N3O2S/c8-7(9)13-5-2-1-4(3-10-5)6(11)12/h1-3H,(H3,8,9)(H,11,12). The number of thioether (sulfide) groups is 1. The van der Waals surface area contributed by atoms with E-state index in [9.17, 15) is 4.79 Å². The molecule has 0 atom stereocenters. The van der Waals surface area contributed by atoms with E-state index in [4.69, 9.17) is 16.2 Å². The van der Waals surface area contributed by atoms with Crippen LogP contribution in [-0.4, -0.2) is 21.2 Å². The number of hydrogen-bond acceptors (Lipinski definition) is 4. The molecule has 1 aromatic heterocycles. The van der Waals surface area contributed by atoms with Gasteiger partial charge in [-0.15, -0.1) is 0 Å². The van der Waals surface area contributed by atoms with Crippen LogP contribution in [0.4, 0.5) is 0 Å². The summed E-state index contributed by atoms with van der Waals surface area (Å²) in [6, 6.07) is 2.93. The van der Waals surface area contributed by atoms with Crippen LogP contribution < -0.4 is 5.73 Å². The van der Waals surface area contributed by atoms with Gasteiger partial charge in [-0.2, -0.15) is 0 Å². The maximum Gasteiger partial charge on any atom is 0.337 e. The van der Waals surface area contributed by atoms with E-state index in [1.54, 1.807) is 0 Å². The molecule has 0 radical (unpaired) electrons. The average molecular weight is 197 g/mol. The van der Waals surface area contributed by atoms with Gasteiger partial charge < -0.3 is 10.8 Å². The summed E-state index contributed by atoms with van der Waals surface area (Å²) >= 11 is 0.976. The first-order valence-corrected chi connectivity index (χ1v) is 4.12. The molecule has 0 aliphatic heterocycles. The molecule has 1 rings (SSSR count). The van der Waals surface area contributed by atoms with Crippen molar-refractivity contribution in [2.75, 3.05) is 0 Å². The molecule has 1 aromatic rings. The summed E-state index contributed by atoms with van der Waals surface area (Å²) in [6.45, 7) is 0. The van der Waals surface area contributed by atoms with Gasteiger partial charge in [0.2, 0.25) is 0 Å². The normalized spacial score (nSPS) is 9.54. The van der Waals surface area contributed by atoms with E-state index in [0.29, 0.717) is 5.03 Å². The molecular formula is C7H7N3O2S. The van der Waals surface area contributed by atoms with Gasteiger partial charge in [0.05, 0.1) is 5.56 Å². The first kappa shape index (κ1) is 9.53. The van der Waals surface area contributed by atoms with Crippen molar-refractivity contribution in [2.24, 2.45) is 5.73 Å². The van der Waals surface area contributed by atoms with Gasteiger partial charge in [0.1, 0.15) is 5.03 Å². The molecule has 0 fully saturated rings. The van der Waals surface area contributed by atoms with Crippen LogP contribution in [-0.2, 0) is 0 Å². The molecule has 0 saturated heterocycles. The summed E-state index contributed by atoms with van der Waals surface area (Å²) in [6.07, 6.45) is 1.23. The average Bonchev–Trinajstić information content (AvgIpc) is 2.04. The molecule has 6 heteroatoms. The third-order valence-electron chi connectivity index (χ3n) is 1.20. The van der Waals surface area contributed by atoms with E-state index >= 15 is 0 Å². The minimum absolute atomic E-state index is 0.0735. The van der Waals surface area contributed by atoms with Crippen LogP contribution in [0.5, 0.6) is 0 Å². The zero-order valence-electron chi connectivity index (χ0n) is 6.52. The van der Waals surface area contributed by atoms with Crippen LogP contribution in [0.2, 0.25) is 0 Å². The van der Waals surface area contributed by atoms with Gasteiger partial charge in [0, 0.05) is 6.20 Å². The van der Waals surface area contributed by atoms with Crippen molar-refractivity contribution in [1.29, 1.82) is 5.41 Å². The zero-order valence-corrected chi connectivity index (χ0v) is 7.34. The highest BCUT2D eigenvalue weighted by molar-refractivity contribution is 8.13. The predicted octanol–water partition coefficient (Wildman–Crippen LogP) is 0.765. The predicted molar refractivity (Wildman–Crippen MR) is 49.0 cm³/mol. The van der Waals surface area contributed by atoms with Crippen LogP contribution in [0.1, 0.15) is 10.4 Å². The van der Waals surface area contributed by atoms with Crippen molar-refractivity contribution in [3.63, 3.8) is 0 Å². The largest absolute Gasteiger partial charge is 0.478 e. The second-order valence-corrected chi connectivity index (χ2v) is 3.22. The smallest absolute Gasteiger partial charge is 0.337 e. The minimum atomic E-state index is -1.02. The van der Waals surface area contributed by atoms with Gasteiger partial charge in [0.25, 0.3) is 0 Å². The molecule has 68 valence electrons. The molecule has 0 amide bonds. The number of hydrogen-bond donors (Lipinski definition) is 3. The number of aromatic carboxylic acids is 1. The van der Waals surface area contributed by atoms with E-state index in [0.717, 1.165) is 11.8 Å². The summed E-state index contributed by atoms with van der Waals surface area (Å²) in [7, 11) is 0. The number of carboxylic acids is 1. The van der Waals surface area contributed by atoms with Crippen molar-refractivity contribution < 1.29 is 9.90 Å². The van der Waals surface area contributed by atoms with E-state index in [1.165, 1.54) is 18.3 Å². The quantitative estimate of drug-likeness (QED) is 0.369. The topological polar surface area (TPSA) is 100 Å². The third kappa shape index (κ3) is 2.75. The number of carbonyl (C=O) groups is 1. The van der Waals surface area contributed by atoms with Crippen LogP contribution in [0.15, 0.2) is 23.4 Å². The fraction of sp³-hybridized carbons (Fsp3) is 0. The monoisotopic (exact) mass is 197 g/mol. The maximum absolute atomic E-state index is 10.4. The summed E-state index contributed by atoms with van der Waals surface area (Å²) in [5, 5.41) is 15.9. The number of nitrogens with zero attached hydrogens (tertiary/aromatic N) is 1. The molecule has 1 heterocycles. The lowest BCUT2D eigenvalue weighted by Crippen LogP contribution is -2.04. The zero-order chi connectivity index (χ0) is 9.84. The number of carboxylic acid groups (broad SMARTS) is 1. The van der Waals surface area contributed by atoms with Crippen molar-refractivity contribution in [3.8, 4) is 0 Å². The number of nitrogens with one attached hydrogen (secondary N) is 1.